The fourth-order valence-electron chi connectivity index (χ4n) is 0.941. The van der Waals surface area contributed by atoms with Gasteiger partial charge in [0.2, 0.25) is 0 Å². The topological polar surface area (TPSA) is 84.6 Å². The quantitative estimate of drug-likeness (QED) is 0.731. The lowest BCUT2D eigenvalue weighted by molar-refractivity contribution is 0.0690. The van der Waals surface area contributed by atoms with E-state index < -0.39 is 5.97 Å². The van der Waals surface area contributed by atoms with Gasteiger partial charge in [0.15, 0.2) is 5.69 Å². The van der Waals surface area contributed by atoms with Crippen LogP contribution in [0.1, 0.15) is 17.4 Å². The molecular weight excluding hydrogens is 188 g/mol. The third-order valence-corrected chi connectivity index (χ3v) is 1.51. The van der Waals surface area contributed by atoms with Crippen molar-refractivity contribution in [3.8, 4) is 0 Å². The van der Waals surface area contributed by atoms with E-state index in [1.54, 1.807) is 7.11 Å². The maximum absolute atomic E-state index is 10.5. The van der Waals surface area contributed by atoms with Crippen LogP contribution in [0.25, 0.3) is 0 Å². The van der Waals surface area contributed by atoms with Gasteiger partial charge in [-0.1, -0.05) is 0 Å². The number of oxazole rings is 1. The van der Waals surface area contributed by atoms with Crippen molar-refractivity contribution in [2.45, 2.75) is 13.0 Å². The Morgan fingerprint density at radius 3 is 3.07 bits per heavy atom. The molecule has 0 radical (unpaired) electrons. The Bertz CT molecular complexity index is 310. The number of nitrogens with one attached hydrogen (secondary N) is 1. The summed E-state index contributed by atoms with van der Waals surface area (Å²) in [6.45, 7) is 2.36. The lowest BCUT2D eigenvalue weighted by Gasteiger charge is -2.09. The number of ether oxygens (including phenoxy) is 1. The monoisotopic (exact) mass is 200 g/mol. The number of aromatic carboxylic acids is 1. The first-order valence-corrected chi connectivity index (χ1v) is 4.07. The summed E-state index contributed by atoms with van der Waals surface area (Å²) < 4.78 is 9.77. The number of carboxylic acids is 1. The van der Waals surface area contributed by atoms with Crippen molar-refractivity contribution in [3.63, 3.8) is 0 Å². The molecule has 0 bridgehead atoms. The minimum atomic E-state index is -1.11. The Morgan fingerprint density at radius 1 is 1.86 bits per heavy atom. The van der Waals surface area contributed by atoms with Crippen LogP contribution in [-0.2, 0) is 4.74 Å². The number of hydrogen-bond acceptors (Lipinski definition) is 5. The smallest absolute Gasteiger partial charge is 0.357 e. The van der Waals surface area contributed by atoms with Crippen LogP contribution in [0.3, 0.4) is 0 Å². The molecule has 0 unspecified atom stereocenters. The van der Waals surface area contributed by atoms with Gasteiger partial charge in [0.1, 0.15) is 6.26 Å². The molecular formula is C8H12N2O4. The lowest BCUT2D eigenvalue weighted by Crippen LogP contribution is -2.20. The number of methoxy groups -OCH3 is 1. The molecule has 1 aromatic rings. The Labute approximate surface area is 80.9 Å². The second-order valence-electron chi connectivity index (χ2n) is 2.84. The summed E-state index contributed by atoms with van der Waals surface area (Å²) in [6, 6.07) is 0.201. The summed E-state index contributed by atoms with van der Waals surface area (Å²) >= 11 is 0. The first-order chi connectivity index (χ1) is 6.63. The Kier molecular flexibility index (Phi) is 3.47. The third-order valence-electron chi connectivity index (χ3n) is 1.51. The molecule has 0 aliphatic heterocycles. The average molecular weight is 200 g/mol. The number of aromatic nitrogens is 1. The molecule has 6 heteroatoms. The van der Waals surface area contributed by atoms with Crippen LogP contribution in [0.15, 0.2) is 10.7 Å². The molecule has 0 saturated heterocycles. The predicted octanol–water partition coefficient (Wildman–Crippen LogP) is 0.820. The molecule has 1 rings (SSSR count). The molecule has 0 fully saturated rings. The second-order valence-corrected chi connectivity index (χ2v) is 2.84. The minimum absolute atomic E-state index is 0.0142. The minimum Gasteiger partial charge on any atom is -0.476 e. The molecule has 1 atom stereocenters. The Hall–Kier alpha value is -1.56. The summed E-state index contributed by atoms with van der Waals surface area (Å²) in [5, 5.41) is 11.4. The van der Waals surface area contributed by atoms with E-state index in [1.165, 1.54) is 0 Å². The highest BCUT2D eigenvalue weighted by Gasteiger charge is 2.11. The highest BCUT2D eigenvalue weighted by atomic mass is 16.5. The summed E-state index contributed by atoms with van der Waals surface area (Å²) in [6.07, 6.45) is 1.09. The molecule has 0 amide bonds. The maximum Gasteiger partial charge on any atom is 0.357 e. The zero-order valence-corrected chi connectivity index (χ0v) is 7.98. The van der Waals surface area contributed by atoms with E-state index in [9.17, 15) is 4.79 Å². The zero-order valence-electron chi connectivity index (χ0n) is 7.98. The first kappa shape index (κ1) is 10.5. The molecule has 6 nitrogen and oxygen atoms in total. The largest absolute Gasteiger partial charge is 0.476 e. The van der Waals surface area contributed by atoms with Crippen molar-refractivity contribution in [1.29, 1.82) is 0 Å². The van der Waals surface area contributed by atoms with Crippen molar-refractivity contribution in [2.24, 2.45) is 0 Å². The molecule has 2 N–H and O–H groups in total. The molecule has 0 aromatic carbocycles. The molecule has 78 valence electrons. The van der Waals surface area contributed by atoms with Crippen molar-refractivity contribution in [3.05, 3.63) is 12.0 Å². The molecule has 14 heavy (non-hydrogen) atoms. The number of carbonyl (C=O) groups is 1. The second kappa shape index (κ2) is 4.61. The van der Waals surface area contributed by atoms with E-state index in [4.69, 9.17) is 14.3 Å². The molecule has 0 aliphatic carbocycles. The van der Waals surface area contributed by atoms with E-state index in [1.807, 2.05) is 6.92 Å². The lowest BCUT2D eigenvalue weighted by atomic mass is 10.4. The highest BCUT2D eigenvalue weighted by molar-refractivity contribution is 5.85. The van der Waals surface area contributed by atoms with Crippen LogP contribution in [0.2, 0.25) is 0 Å². The molecule has 1 aromatic heterocycles. The van der Waals surface area contributed by atoms with Crippen LogP contribution in [0.4, 0.5) is 6.01 Å². The van der Waals surface area contributed by atoms with Crippen molar-refractivity contribution in [1.82, 2.24) is 4.98 Å². The summed E-state index contributed by atoms with van der Waals surface area (Å²) in [4.78, 5) is 14.1. The number of carboxylic acid groups (broad SMARTS) is 1. The van der Waals surface area contributed by atoms with Gasteiger partial charge in [0.25, 0.3) is 6.01 Å². The average Bonchev–Trinajstić information content (AvgIpc) is 2.53. The SMILES string of the molecule is COC[C@@H](C)Nc1nc(C(=O)O)co1. The van der Waals surface area contributed by atoms with Gasteiger partial charge >= 0.3 is 5.97 Å². The van der Waals surface area contributed by atoms with Crippen molar-refractivity contribution >= 4 is 12.0 Å². The predicted molar refractivity (Wildman–Crippen MR) is 48.4 cm³/mol. The van der Waals surface area contributed by atoms with Gasteiger partial charge in [-0.15, -0.1) is 0 Å². The Morgan fingerprint density at radius 2 is 2.57 bits per heavy atom. The van der Waals surface area contributed by atoms with Gasteiger partial charge in [-0.2, -0.15) is 4.98 Å². The molecule has 0 saturated carbocycles. The van der Waals surface area contributed by atoms with E-state index in [2.05, 4.69) is 10.3 Å². The van der Waals surface area contributed by atoms with Gasteiger partial charge in [0, 0.05) is 7.11 Å². The highest BCUT2D eigenvalue weighted by Crippen LogP contribution is 2.08. The normalized spacial score (nSPS) is 12.4. The van der Waals surface area contributed by atoms with E-state index >= 15 is 0 Å². The van der Waals surface area contributed by atoms with E-state index in [-0.39, 0.29) is 17.8 Å². The summed E-state index contributed by atoms with van der Waals surface area (Å²) in [5.74, 6) is -1.11. The van der Waals surface area contributed by atoms with Gasteiger partial charge < -0.3 is 19.6 Å². The number of hydrogen-bond donors (Lipinski definition) is 2. The van der Waals surface area contributed by atoms with Crippen LogP contribution in [0, 0.1) is 0 Å². The molecule has 0 spiro atoms. The number of anilines is 1. The fraction of sp³-hybridized carbons (Fsp3) is 0.500. The molecule has 0 aliphatic rings. The maximum atomic E-state index is 10.5. The van der Waals surface area contributed by atoms with Gasteiger partial charge in [-0.3, -0.25) is 0 Å². The first-order valence-electron chi connectivity index (χ1n) is 4.07. The van der Waals surface area contributed by atoms with Gasteiger partial charge in [0.05, 0.1) is 12.6 Å². The van der Waals surface area contributed by atoms with E-state index in [0.29, 0.717) is 6.61 Å². The van der Waals surface area contributed by atoms with E-state index in [0.717, 1.165) is 6.26 Å². The van der Waals surface area contributed by atoms with Crippen LogP contribution < -0.4 is 5.32 Å². The third kappa shape index (κ3) is 2.74. The van der Waals surface area contributed by atoms with Gasteiger partial charge in [-0.05, 0) is 6.92 Å². The number of nitrogens with zero attached hydrogens (tertiary/aromatic N) is 1. The van der Waals surface area contributed by atoms with Crippen molar-refractivity contribution < 1.29 is 19.1 Å². The zero-order chi connectivity index (χ0) is 10.6. The van der Waals surface area contributed by atoms with Crippen molar-refractivity contribution in [2.75, 3.05) is 19.0 Å². The van der Waals surface area contributed by atoms with Crippen LogP contribution >= 0.6 is 0 Å². The van der Waals surface area contributed by atoms with Gasteiger partial charge in [-0.25, -0.2) is 4.79 Å². The molecule has 1 heterocycles. The Balaban J connectivity index is 2.55. The summed E-state index contributed by atoms with van der Waals surface area (Å²) in [7, 11) is 1.58. The summed E-state index contributed by atoms with van der Waals surface area (Å²) in [5.41, 5.74) is -0.114. The number of rotatable bonds is 5. The standard InChI is InChI=1S/C8H12N2O4/c1-5(3-13-2)9-8-10-6(4-14-8)7(11)12/h4-5H,3H2,1-2H3,(H,9,10)(H,11,12)/t5-/m1/s1. The van der Waals surface area contributed by atoms with Crippen LogP contribution in [-0.4, -0.2) is 35.8 Å². The van der Waals surface area contributed by atoms with Crippen LogP contribution in [0.5, 0.6) is 0 Å². The fourth-order valence-corrected chi connectivity index (χ4v) is 0.941.